The van der Waals surface area contributed by atoms with E-state index in [0.717, 1.165) is 86.1 Å². The van der Waals surface area contributed by atoms with Gasteiger partial charge in [-0.15, -0.1) is 11.3 Å². The standard InChI is InChI=1S/C49H63F2N9O9S/c1-31(52-2)46(61)55-43(32-7-5-4-6-8-32)48(63)59-17-19-60(20-18-59)49(64)44-42(35-28-36(50)37(51)29-39(35)57(44)3)47(62)54-14-21-65-22-23-66-24-25-67-41-27-34(69-56-41)30-58-15-10-33(11-16-58)68-40-9-13-53-38-12-26-70-45(38)40/h9,12-13,26-29,31-33,43,52H,4-8,10-11,14-25,30H2,1-3H3,(H,54,62)(H,55,61)/t31-,43?/m0/s1. The first-order chi connectivity index (χ1) is 34.0. The highest BCUT2D eigenvalue weighted by Gasteiger charge is 2.38. The molecule has 3 aliphatic rings. The molecule has 0 bridgehead atoms. The summed E-state index contributed by atoms with van der Waals surface area (Å²) in [6.45, 7) is 6.01. The number of carbonyl (C=O) groups excluding carboxylic acids is 4. The van der Waals surface area contributed by atoms with Gasteiger partial charge in [0, 0.05) is 76.6 Å². The third-order valence-electron chi connectivity index (χ3n) is 13.5. The number of piperidine rings is 1. The molecule has 8 rings (SSSR count). The Morgan fingerprint density at radius 3 is 2.36 bits per heavy atom. The first-order valence-electron chi connectivity index (χ1n) is 24.3. The molecule has 1 saturated carbocycles. The minimum Gasteiger partial charge on any atom is -0.489 e. The van der Waals surface area contributed by atoms with Crippen molar-refractivity contribution in [2.24, 2.45) is 13.0 Å². The fourth-order valence-electron chi connectivity index (χ4n) is 9.46. The molecule has 70 heavy (non-hydrogen) atoms. The average molecular weight is 992 g/mol. The number of rotatable bonds is 21. The molecule has 5 aromatic rings. The number of amides is 4. The summed E-state index contributed by atoms with van der Waals surface area (Å²) in [5, 5.41) is 14.8. The van der Waals surface area contributed by atoms with Crippen LogP contribution >= 0.6 is 11.3 Å². The Balaban J connectivity index is 0.751. The highest BCUT2D eigenvalue weighted by Crippen LogP contribution is 2.33. The van der Waals surface area contributed by atoms with Gasteiger partial charge in [0.1, 0.15) is 30.2 Å². The normalized spacial score (nSPS) is 17.2. The number of hydrogen-bond acceptors (Lipinski definition) is 14. The summed E-state index contributed by atoms with van der Waals surface area (Å²) < 4.78 is 60.6. The van der Waals surface area contributed by atoms with Crippen molar-refractivity contribution >= 4 is 56.1 Å². The Morgan fingerprint density at radius 2 is 1.60 bits per heavy atom. The van der Waals surface area contributed by atoms with Crippen LogP contribution in [0, 0.1) is 17.6 Å². The Kier molecular flexibility index (Phi) is 17.3. The maximum absolute atomic E-state index is 14.7. The number of likely N-dealkylation sites (N-methyl/N-ethyl adjacent to an activating group) is 1. The average Bonchev–Trinajstić information content (AvgIpc) is 4.12. The maximum atomic E-state index is 14.7. The summed E-state index contributed by atoms with van der Waals surface area (Å²) in [5.41, 5.74) is 1.00. The van der Waals surface area contributed by atoms with Crippen LogP contribution in [0.15, 0.2) is 46.4 Å². The first-order valence-corrected chi connectivity index (χ1v) is 25.1. The van der Waals surface area contributed by atoms with Gasteiger partial charge in [-0.05, 0) is 74.3 Å². The number of aromatic nitrogens is 3. The van der Waals surface area contributed by atoms with E-state index in [2.05, 4.69) is 31.0 Å². The number of benzene rings is 1. The van der Waals surface area contributed by atoms with Gasteiger partial charge >= 0.3 is 0 Å². The van der Waals surface area contributed by atoms with E-state index in [1.54, 1.807) is 42.5 Å². The summed E-state index contributed by atoms with van der Waals surface area (Å²) >= 11 is 1.64. The van der Waals surface area contributed by atoms with E-state index in [1.807, 2.05) is 17.5 Å². The van der Waals surface area contributed by atoms with Crippen molar-refractivity contribution in [2.45, 2.75) is 76.6 Å². The van der Waals surface area contributed by atoms with Crippen molar-refractivity contribution in [1.29, 1.82) is 0 Å². The molecule has 3 fully saturated rings. The quantitative estimate of drug-likeness (QED) is 0.0842. The number of halogens is 2. The largest absolute Gasteiger partial charge is 0.489 e. The summed E-state index contributed by atoms with van der Waals surface area (Å²) in [5.74, 6) is -1.88. The van der Waals surface area contributed by atoms with Crippen LogP contribution < -0.4 is 25.4 Å². The number of pyridine rings is 1. The third-order valence-corrected chi connectivity index (χ3v) is 14.4. The topological polar surface area (TPSA) is 195 Å². The fourth-order valence-corrected chi connectivity index (χ4v) is 10.3. The summed E-state index contributed by atoms with van der Waals surface area (Å²) in [6, 6.07) is 6.46. The SMILES string of the molecule is CN[C@@H](C)C(=O)NC(C(=O)N1CCN(C(=O)c2c(C(=O)NCCOCCOCCOc3cc(CN4CCC(Oc5ccnc6ccsc56)CC4)on3)c3cc(F)c(F)cc3n2C)CC1)C1CCCCC1. The molecule has 3 N–H and O–H groups in total. The van der Waals surface area contributed by atoms with Crippen LogP contribution in [0.2, 0.25) is 0 Å². The lowest BCUT2D eigenvalue weighted by atomic mass is 9.83. The van der Waals surface area contributed by atoms with Crippen LogP contribution in [0.5, 0.6) is 11.6 Å². The van der Waals surface area contributed by atoms with Gasteiger partial charge in [0.2, 0.25) is 11.8 Å². The molecule has 2 aliphatic heterocycles. The molecule has 6 heterocycles. The molecule has 21 heteroatoms. The third kappa shape index (κ3) is 12.2. The predicted octanol–water partition coefficient (Wildman–Crippen LogP) is 4.90. The first kappa shape index (κ1) is 50.6. The molecule has 18 nitrogen and oxygen atoms in total. The summed E-state index contributed by atoms with van der Waals surface area (Å²) in [7, 11) is 3.21. The number of fused-ring (bicyclic) bond motifs is 2. The monoisotopic (exact) mass is 991 g/mol. The molecule has 1 aliphatic carbocycles. The van der Waals surface area contributed by atoms with Gasteiger partial charge in [-0.2, -0.15) is 0 Å². The second-order valence-corrected chi connectivity index (χ2v) is 19.0. The van der Waals surface area contributed by atoms with Gasteiger partial charge in [-0.3, -0.25) is 29.1 Å². The predicted molar refractivity (Wildman–Crippen MR) is 257 cm³/mol. The Bertz CT molecular complexity index is 2580. The number of piperazine rings is 1. The smallest absolute Gasteiger partial charge is 0.271 e. The van der Waals surface area contributed by atoms with Crippen LogP contribution in [0.3, 0.4) is 0 Å². The Labute approximate surface area is 409 Å². The van der Waals surface area contributed by atoms with Crippen molar-refractivity contribution < 1.29 is 51.4 Å². The van der Waals surface area contributed by atoms with E-state index in [9.17, 15) is 28.0 Å². The highest BCUT2D eigenvalue weighted by molar-refractivity contribution is 7.17. The van der Waals surface area contributed by atoms with Crippen LogP contribution in [0.4, 0.5) is 8.78 Å². The van der Waals surface area contributed by atoms with Gasteiger partial charge in [0.25, 0.3) is 17.7 Å². The fraction of sp³-hybridized carbons (Fsp3) is 0.551. The lowest BCUT2D eigenvalue weighted by molar-refractivity contribution is -0.140. The number of nitrogens with one attached hydrogen (secondary N) is 3. The number of aryl methyl sites for hydroxylation is 1. The van der Waals surface area contributed by atoms with Crippen molar-refractivity contribution in [1.82, 2.24) is 45.4 Å². The van der Waals surface area contributed by atoms with Crippen LogP contribution in [-0.2, 0) is 32.7 Å². The van der Waals surface area contributed by atoms with Crippen molar-refractivity contribution in [3.8, 4) is 11.6 Å². The van der Waals surface area contributed by atoms with Crippen molar-refractivity contribution in [3.63, 3.8) is 0 Å². The maximum Gasteiger partial charge on any atom is 0.271 e. The molecule has 2 atom stereocenters. The van der Waals surface area contributed by atoms with Gasteiger partial charge in [0.05, 0.1) is 60.3 Å². The number of likely N-dealkylation sites (tertiary alicyclic amines) is 1. The van der Waals surface area contributed by atoms with Gasteiger partial charge in [-0.25, -0.2) is 8.78 Å². The van der Waals surface area contributed by atoms with Crippen LogP contribution in [-0.4, -0.2) is 157 Å². The van der Waals surface area contributed by atoms with Crippen molar-refractivity contribution in [3.05, 3.63) is 70.6 Å². The minimum absolute atomic E-state index is 0.0156. The molecule has 4 aromatic heterocycles. The van der Waals surface area contributed by atoms with E-state index in [1.165, 1.54) is 16.5 Å². The zero-order valence-electron chi connectivity index (χ0n) is 40.0. The number of carbonyl (C=O) groups is 4. The molecule has 4 amide bonds. The van der Waals surface area contributed by atoms with Crippen LogP contribution in [0.1, 0.15) is 78.5 Å². The number of nitrogens with zero attached hydrogens (tertiary/aromatic N) is 6. The molecular weight excluding hydrogens is 929 g/mol. The van der Waals surface area contributed by atoms with E-state index >= 15 is 0 Å². The Morgan fingerprint density at radius 1 is 0.886 bits per heavy atom. The van der Waals surface area contributed by atoms with Crippen LogP contribution in [0.25, 0.3) is 21.1 Å². The van der Waals surface area contributed by atoms with Gasteiger partial charge in [-0.1, -0.05) is 19.3 Å². The lowest BCUT2D eigenvalue weighted by Gasteiger charge is -2.39. The zero-order chi connectivity index (χ0) is 49.1. The molecule has 0 spiro atoms. The minimum atomic E-state index is -1.16. The molecular formula is C49H63F2N9O9S. The van der Waals surface area contributed by atoms with E-state index in [-0.39, 0.29) is 112 Å². The second kappa shape index (κ2) is 23.9. The Hall–Kier alpha value is -5.74. The van der Waals surface area contributed by atoms with Crippen molar-refractivity contribution in [2.75, 3.05) is 85.9 Å². The van der Waals surface area contributed by atoms with E-state index in [0.29, 0.717) is 18.2 Å². The number of hydrogen-bond donors (Lipinski definition) is 3. The molecule has 378 valence electrons. The van der Waals surface area contributed by atoms with E-state index < -0.39 is 35.5 Å². The number of thiophene rings is 1. The van der Waals surface area contributed by atoms with Gasteiger partial charge < -0.3 is 53.8 Å². The molecule has 1 aromatic carbocycles. The van der Waals surface area contributed by atoms with Gasteiger partial charge in [0.15, 0.2) is 17.4 Å². The molecule has 0 radical (unpaired) electrons. The second-order valence-electron chi connectivity index (χ2n) is 18.1. The zero-order valence-corrected chi connectivity index (χ0v) is 40.8. The molecule has 1 unspecified atom stereocenters. The molecule has 2 saturated heterocycles. The summed E-state index contributed by atoms with van der Waals surface area (Å²) in [4.78, 5) is 64.9. The highest BCUT2D eigenvalue weighted by atomic mass is 32.1. The number of ether oxygens (including phenoxy) is 4. The summed E-state index contributed by atoms with van der Waals surface area (Å²) in [6.07, 6.45) is 8.48. The lowest BCUT2D eigenvalue weighted by Crippen LogP contribution is -2.59. The van der Waals surface area contributed by atoms with E-state index in [4.69, 9.17) is 23.5 Å².